The predicted octanol–water partition coefficient (Wildman–Crippen LogP) is 2.58. The predicted molar refractivity (Wildman–Crippen MR) is 64.4 cm³/mol. The van der Waals surface area contributed by atoms with Gasteiger partial charge in [-0.05, 0) is 37.0 Å². The fraction of sp³-hybridized carbons (Fsp3) is 0.857. The van der Waals surface area contributed by atoms with Crippen molar-refractivity contribution in [2.45, 2.75) is 46.0 Å². The third-order valence-electron chi connectivity index (χ3n) is 5.11. The summed E-state index contributed by atoms with van der Waals surface area (Å²) in [6.45, 7) is 4.15. The Morgan fingerprint density at radius 2 is 2.18 bits per heavy atom. The molecule has 2 aliphatic carbocycles. The van der Waals surface area contributed by atoms with Gasteiger partial charge < -0.3 is 4.74 Å². The molecule has 3 nitrogen and oxygen atoms in total. The first-order valence-corrected chi connectivity index (χ1v) is 6.61. The number of methoxy groups -OCH3 is 1. The van der Waals surface area contributed by atoms with Gasteiger partial charge in [0, 0.05) is 12.3 Å². The molecule has 0 saturated heterocycles. The Labute approximate surface area is 103 Å². The molecule has 0 aliphatic heterocycles. The minimum atomic E-state index is -0.130. The number of ether oxygens (including phenoxy) is 1. The van der Waals surface area contributed by atoms with Crippen molar-refractivity contribution in [3.8, 4) is 0 Å². The smallest absolute Gasteiger partial charge is 0.308 e. The number of hydrogen-bond acceptors (Lipinski definition) is 3. The molecule has 2 rings (SSSR count). The van der Waals surface area contributed by atoms with Gasteiger partial charge in [0.2, 0.25) is 0 Å². The number of carbonyl (C=O) groups is 2. The second kappa shape index (κ2) is 4.43. The molecule has 2 fully saturated rings. The summed E-state index contributed by atoms with van der Waals surface area (Å²) in [6, 6.07) is 0. The van der Waals surface area contributed by atoms with E-state index in [2.05, 4.69) is 6.92 Å². The number of hydrogen-bond donors (Lipinski definition) is 0. The topological polar surface area (TPSA) is 43.4 Å². The number of rotatable bonds is 2. The van der Waals surface area contributed by atoms with Crippen LogP contribution in [0, 0.1) is 23.2 Å². The highest BCUT2D eigenvalue weighted by Gasteiger charge is 2.53. The molecule has 0 bridgehead atoms. The van der Waals surface area contributed by atoms with E-state index >= 15 is 0 Å². The molecule has 0 spiro atoms. The molecule has 0 radical (unpaired) electrons. The maximum Gasteiger partial charge on any atom is 0.308 e. The van der Waals surface area contributed by atoms with Crippen LogP contribution in [0.15, 0.2) is 0 Å². The average molecular weight is 238 g/mol. The molecule has 0 aromatic heterocycles. The van der Waals surface area contributed by atoms with Gasteiger partial charge in [-0.15, -0.1) is 0 Å². The van der Waals surface area contributed by atoms with E-state index < -0.39 is 0 Å². The Hall–Kier alpha value is -0.860. The summed E-state index contributed by atoms with van der Waals surface area (Å²) in [5.74, 6) is 0.701. The second-order valence-electron chi connectivity index (χ2n) is 5.87. The molecule has 0 aromatic rings. The normalized spacial score (nSPS) is 38.6. The fourth-order valence-electron chi connectivity index (χ4n) is 4.14. The zero-order chi connectivity index (χ0) is 12.6. The van der Waals surface area contributed by atoms with Crippen LogP contribution >= 0.6 is 0 Å². The average Bonchev–Trinajstić information content (AvgIpc) is 2.65. The van der Waals surface area contributed by atoms with Gasteiger partial charge in [0.25, 0.3) is 0 Å². The Morgan fingerprint density at radius 1 is 1.47 bits per heavy atom. The van der Waals surface area contributed by atoms with Gasteiger partial charge in [0.05, 0.1) is 13.0 Å². The SMILES string of the molecule is COC(=O)[C@@H](C)[C@H]1CC[C@@H]2C(=O)CCC[C@@]21C. The van der Waals surface area contributed by atoms with Crippen LogP contribution in [0.5, 0.6) is 0 Å². The van der Waals surface area contributed by atoms with Gasteiger partial charge in [-0.3, -0.25) is 9.59 Å². The Morgan fingerprint density at radius 3 is 2.82 bits per heavy atom. The van der Waals surface area contributed by atoms with Crippen molar-refractivity contribution in [2.24, 2.45) is 23.2 Å². The molecule has 0 unspecified atom stereocenters. The van der Waals surface area contributed by atoms with Gasteiger partial charge in [0.1, 0.15) is 5.78 Å². The minimum Gasteiger partial charge on any atom is -0.469 e. The van der Waals surface area contributed by atoms with Gasteiger partial charge in [-0.1, -0.05) is 13.8 Å². The molecule has 0 aromatic carbocycles. The van der Waals surface area contributed by atoms with Crippen LogP contribution in [0.25, 0.3) is 0 Å². The molecular weight excluding hydrogens is 216 g/mol. The third-order valence-corrected chi connectivity index (χ3v) is 5.11. The largest absolute Gasteiger partial charge is 0.469 e. The van der Waals surface area contributed by atoms with Crippen LogP contribution in [0.4, 0.5) is 0 Å². The third kappa shape index (κ3) is 1.90. The molecular formula is C14H22O3. The highest BCUT2D eigenvalue weighted by atomic mass is 16.5. The summed E-state index contributed by atoms with van der Waals surface area (Å²) in [4.78, 5) is 23.7. The van der Waals surface area contributed by atoms with Crippen LogP contribution in [-0.2, 0) is 14.3 Å². The summed E-state index contributed by atoms with van der Waals surface area (Å²) in [5.41, 5.74) is 0.0307. The summed E-state index contributed by atoms with van der Waals surface area (Å²) in [5, 5.41) is 0. The molecule has 2 saturated carbocycles. The number of fused-ring (bicyclic) bond motifs is 1. The van der Waals surface area contributed by atoms with Crippen molar-refractivity contribution in [2.75, 3.05) is 7.11 Å². The zero-order valence-electron chi connectivity index (χ0n) is 11.0. The molecule has 96 valence electrons. The quantitative estimate of drug-likeness (QED) is 0.694. The van der Waals surface area contributed by atoms with Crippen LogP contribution < -0.4 is 0 Å². The molecule has 17 heavy (non-hydrogen) atoms. The molecule has 0 amide bonds. The first kappa shape index (κ1) is 12.6. The van der Waals surface area contributed by atoms with E-state index in [1.165, 1.54) is 7.11 Å². The molecule has 3 heteroatoms. The fourth-order valence-corrected chi connectivity index (χ4v) is 4.14. The lowest BCUT2D eigenvalue weighted by Crippen LogP contribution is -2.41. The van der Waals surface area contributed by atoms with Gasteiger partial charge in [-0.2, -0.15) is 0 Å². The highest BCUT2D eigenvalue weighted by molar-refractivity contribution is 5.83. The van der Waals surface area contributed by atoms with Crippen molar-refractivity contribution in [3.63, 3.8) is 0 Å². The number of Topliss-reactive ketones (excluding diaryl/α,β-unsaturated/α-hetero) is 1. The number of ketones is 1. The molecule has 0 heterocycles. The summed E-state index contributed by atoms with van der Waals surface area (Å²) < 4.78 is 4.85. The standard InChI is InChI=1S/C14H22O3/c1-9(13(16)17-3)10-6-7-11-12(15)5-4-8-14(10,11)2/h9-11H,4-8H2,1-3H3/t9-,10+,11+,14+/m0/s1. The summed E-state index contributed by atoms with van der Waals surface area (Å²) in [7, 11) is 1.44. The van der Waals surface area contributed by atoms with Crippen LogP contribution in [0.2, 0.25) is 0 Å². The number of esters is 1. The minimum absolute atomic E-state index is 0.0307. The summed E-state index contributed by atoms with van der Waals surface area (Å²) >= 11 is 0. The van der Waals surface area contributed by atoms with Crippen molar-refractivity contribution < 1.29 is 14.3 Å². The second-order valence-corrected chi connectivity index (χ2v) is 5.87. The van der Waals surface area contributed by atoms with Gasteiger partial charge >= 0.3 is 5.97 Å². The van der Waals surface area contributed by atoms with E-state index in [-0.39, 0.29) is 23.2 Å². The van der Waals surface area contributed by atoms with Crippen LogP contribution in [0.1, 0.15) is 46.0 Å². The number of carbonyl (C=O) groups excluding carboxylic acids is 2. The molecule has 2 aliphatic rings. The molecule has 0 N–H and O–H groups in total. The van der Waals surface area contributed by atoms with Crippen molar-refractivity contribution >= 4 is 11.8 Å². The Kier molecular flexibility index (Phi) is 3.28. The molecule has 4 atom stereocenters. The van der Waals surface area contributed by atoms with Crippen LogP contribution in [0.3, 0.4) is 0 Å². The lowest BCUT2D eigenvalue weighted by atomic mass is 9.62. The Balaban J connectivity index is 2.21. The van der Waals surface area contributed by atoms with E-state index in [9.17, 15) is 9.59 Å². The van der Waals surface area contributed by atoms with Crippen LogP contribution in [-0.4, -0.2) is 18.9 Å². The highest BCUT2D eigenvalue weighted by Crippen LogP contribution is 2.56. The first-order chi connectivity index (χ1) is 8.00. The van der Waals surface area contributed by atoms with Crippen molar-refractivity contribution in [3.05, 3.63) is 0 Å². The van der Waals surface area contributed by atoms with E-state index in [1.807, 2.05) is 6.92 Å². The van der Waals surface area contributed by atoms with Crippen molar-refractivity contribution in [1.82, 2.24) is 0 Å². The van der Waals surface area contributed by atoms with E-state index in [4.69, 9.17) is 4.74 Å². The zero-order valence-corrected chi connectivity index (χ0v) is 11.0. The first-order valence-electron chi connectivity index (χ1n) is 6.61. The monoisotopic (exact) mass is 238 g/mol. The summed E-state index contributed by atoms with van der Waals surface area (Å²) in [6.07, 6.45) is 4.75. The maximum atomic E-state index is 12.0. The lowest BCUT2D eigenvalue weighted by Gasteiger charge is -2.41. The van der Waals surface area contributed by atoms with E-state index in [1.54, 1.807) is 0 Å². The van der Waals surface area contributed by atoms with Crippen molar-refractivity contribution in [1.29, 1.82) is 0 Å². The van der Waals surface area contributed by atoms with Gasteiger partial charge in [-0.25, -0.2) is 0 Å². The van der Waals surface area contributed by atoms with E-state index in [0.29, 0.717) is 11.7 Å². The maximum absolute atomic E-state index is 12.0. The lowest BCUT2D eigenvalue weighted by molar-refractivity contribution is -0.150. The van der Waals surface area contributed by atoms with E-state index in [0.717, 1.165) is 32.1 Å². The van der Waals surface area contributed by atoms with Gasteiger partial charge in [0.15, 0.2) is 0 Å². The Bertz CT molecular complexity index is 336.